The highest BCUT2D eigenvalue weighted by molar-refractivity contribution is 5.18. The van der Waals surface area contributed by atoms with Gasteiger partial charge in [-0.25, -0.2) is 9.07 Å². The summed E-state index contributed by atoms with van der Waals surface area (Å²) in [5, 5.41) is 4.61. The van der Waals surface area contributed by atoms with E-state index in [0.717, 1.165) is 37.3 Å². The van der Waals surface area contributed by atoms with E-state index in [1.54, 1.807) is 16.7 Å². The summed E-state index contributed by atoms with van der Waals surface area (Å²) in [7, 11) is 0. The Labute approximate surface area is 156 Å². The third kappa shape index (κ3) is 2.94. The Kier molecular flexibility index (Phi) is 4.00. The predicted molar refractivity (Wildman–Crippen MR) is 98.0 cm³/mol. The number of hydrogen-bond acceptors (Lipinski definition) is 4. The van der Waals surface area contributed by atoms with Gasteiger partial charge in [0.1, 0.15) is 11.6 Å². The van der Waals surface area contributed by atoms with Gasteiger partial charge >= 0.3 is 11.1 Å². The van der Waals surface area contributed by atoms with Crippen molar-refractivity contribution in [1.82, 2.24) is 19.2 Å². The van der Waals surface area contributed by atoms with Crippen molar-refractivity contribution in [2.24, 2.45) is 11.8 Å². The van der Waals surface area contributed by atoms with Crippen LogP contribution >= 0.6 is 0 Å². The molecule has 0 N–H and O–H groups in total. The zero-order valence-electron chi connectivity index (χ0n) is 15.2. The number of aromatic nitrogens is 3. The van der Waals surface area contributed by atoms with Crippen molar-refractivity contribution in [2.45, 2.75) is 44.8 Å². The van der Waals surface area contributed by atoms with Gasteiger partial charge in [-0.2, -0.15) is 5.10 Å². The minimum absolute atomic E-state index is 0.166. The first-order chi connectivity index (χ1) is 13.1. The molecular formula is C20H23FN4O2. The van der Waals surface area contributed by atoms with E-state index in [1.165, 1.54) is 17.2 Å². The van der Waals surface area contributed by atoms with Crippen LogP contribution in [0.5, 0.6) is 0 Å². The number of nitrogens with zero attached hydrogens (tertiary/aromatic N) is 4. The first-order valence-electron chi connectivity index (χ1n) is 9.77. The molecule has 1 aromatic heterocycles. The molecule has 27 heavy (non-hydrogen) atoms. The fourth-order valence-corrected chi connectivity index (χ4v) is 4.74. The van der Waals surface area contributed by atoms with E-state index in [1.807, 2.05) is 6.07 Å². The van der Waals surface area contributed by atoms with Crippen molar-refractivity contribution in [3.8, 4) is 0 Å². The van der Waals surface area contributed by atoms with Crippen LogP contribution in [0.4, 0.5) is 4.39 Å². The molecule has 2 aliphatic heterocycles. The highest BCUT2D eigenvalue weighted by atomic mass is 19.1. The quantitative estimate of drug-likeness (QED) is 0.767. The lowest BCUT2D eigenvalue weighted by molar-refractivity contribution is 0.256. The summed E-state index contributed by atoms with van der Waals surface area (Å²) in [6, 6.07) is 6.69. The monoisotopic (exact) mass is 370 g/mol. The average Bonchev–Trinajstić information content (AvgIpc) is 3.13. The van der Waals surface area contributed by atoms with Crippen molar-refractivity contribution >= 4 is 0 Å². The van der Waals surface area contributed by atoms with E-state index in [4.69, 9.17) is 0 Å². The van der Waals surface area contributed by atoms with Gasteiger partial charge in [0.15, 0.2) is 0 Å². The van der Waals surface area contributed by atoms with Gasteiger partial charge in [-0.1, -0.05) is 18.6 Å². The zero-order chi connectivity index (χ0) is 18.5. The standard InChI is InChI=1S/C20H23FN4O2/c21-16-6-2-5-14(7-16)8-23-10-15-11-24-18(17(15)12-23)22-25(20(27)19(24)26)9-13-3-1-4-13/h2,5-7,13,15,17H,1,3-4,8-12H2/t15-,17+/m1/s1. The molecule has 0 amide bonds. The van der Waals surface area contributed by atoms with Crippen molar-refractivity contribution < 1.29 is 4.39 Å². The summed E-state index contributed by atoms with van der Waals surface area (Å²) in [4.78, 5) is 27.2. The lowest BCUT2D eigenvalue weighted by atomic mass is 9.85. The summed E-state index contributed by atoms with van der Waals surface area (Å²) >= 11 is 0. The lowest BCUT2D eigenvalue weighted by Crippen LogP contribution is -2.45. The van der Waals surface area contributed by atoms with E-state index >= 15 is 0 Å². The van der Waals surface area contributed by atoms with Crippen LogP contribution in [-0.4, -0.2) is 32.3 Å². The summed E-state index contributed by atoms with van der Waals surface area (Å²) in [5.41, 5.74) is 0.0444. The molecule has 2 aromatic rings. The SMILES string of the molecule is O=c1c(=O)n2c(nn1CC1CCC1)[C@H]1CN(Cc3cccc(F)c3)C[C@@H]1C2. The van der Waals surface area contributed by atoms with Gasteiger partial charge in [0, 0.05) is 44.6 Å². The maximum atomic E-state index is 13.4. The van der Waals surface area contributed by atoms with Gasteiger partial charge in [-0.15, -0.1) is 0 Å². The van der Waals surface area contributed by atoms with Crippen LogP contribution in [0, 0.1) is 17.7 Å². The van der Waals surface area contributed by atoms with Crippen molar-refractivity contribution in [2.75, 3.05) is 13.1 Å². The molecule has 5 rings (SSSR count). The van der Waals surface area contributed by atoms with E-state index in [0.29, 0.717) is 25.6 Å². The fraction of sp³-hybridized carbons (Fsp3) is 0.550. The number of fused-ring (bicyclic) bond motifs is 3. The van der Waals surface area contributed by atoms with Crippen molar-refractivity contribution in [3.63, 3.8) is 0 Å². The topological polar surface area (TPSA) is 60.1 Å². The van der Waals surface area contributed by atoms with Crippen LogP contribution in [0.15, 0.2) is 33.9 Å². The third-order valence-corrected chi connectivity index (χ3v) is 6.38. The molecule has 1 aromatic carbocycles. The molecule has 2 fully saturated rings. The minimum atomic E-state index is -0.484. The maximum Gasteiger partial charge on any atom is 0.332 e. The van der Waals surface area contributed by atoms with Crippen LogP contribution in [-0.2, 0) is 19.6 Å². The second-order valence-electron chi connectivity index (χ2n) is 8.25. The summed E-state index contributed by atoms with van der Waals surface area (Å²) in [6.07, 6.45) is 3.42. The highest BCUT2D eigenvalue weighted by Gasteiger charge is 2.42. The van der Waals surface area contributed by atoms with Crippen molar-refractivity contribution in [3.05, 3.63) is 62.2 Å². The number of rotatable bonds is 4. The maximum absolute atomic E-state index is 13.4. The Balaban J connectivity index is 1.38. The Hall–Kier alpha value is -2.28. The molecule has 2 atom stereocenters. The molecule has 3 aliphatic rings. The molecule has 1 saturated carbocycles. The Morgan fingerprint density at radius 3 is 2.70 bits per heavy atom. The third-order valence-electron chi connectivity index (χ3n) is 6.38. The van der Waals surface area contributed by atoms with Crippen LogP contribution in [0.1, 0.15) is 36.6 Å². The molecule has 0 spiro atoms. The van der Waals surface area contributed by atoms with Crippen molar-refractivity contribution in [1.29, 1.82) is 0 Å². The van der Waals surface area contributed by atoms with Gasteiger partial charge in [0.05, 0.1) is 0 Å². The Morgan fingerprint density at radius 1 is 1.11 bits per heavy atom. The molecule has 0 radical (unpaired) electrons. The molecule has 0 unspecified atom stereocenters. The molecular weight excluding hydrogens is 347 g/mol. The van der Waals surface area contributed by atoms with Gasteiger partial charge in [-0.3, -0.25) is 19.1 Å². The molecule has 6 nitrogen and oxygen atoms in total. The Bertz CT molecular complexity index is 994. The first-order valence-corrected chi connectivity index (χ1v) is 9.77. The van der Waals surface area contributed by atoms with Crippen LogP contribution in [0.2, 0.25) is 0 Å². The highest BCUT2D eigenvalue weighted by Crippen LogP contribution is 2.37. The molecule has 3 heterocycles. The Morgan fingerprint density at radius 2 is 1.96 bits per heavy atom. The van der Waals surface area contributed by atoms with E-state index in [9.17, 15) is 14.0 Å². The molecule has 7 heteroatoms. The normalized spacial score (nSPS) is 24.6. The van der Waals surface area contributed by atoms with Gasteiger partial charge < -0.3 is 0 Å². The largest absolute Gasteiger partial charge is 0.332 e. The van der Waals surface area contributed by atoms with Crippen LogP contribution in [0.3, 0.4) is 0 Å². The second-order valence-corrected chi connectivity index (χ2v) is 8.25. The summed E-state index contributed by atoms with van der Waals surface area (Å²) < 4.78 is 16.4. The number of benzene rings is 1. The van der Waals surface area contributed by atoms with E-state index in [2.05, 4.69) is 10.00 Å². The smallest absolute Gasteiger partial charge is 0.298 e. The predicted octanol–water partition coefficient (Wildman–Crippen LogP) is 1.57. The molecule has 142 valence electrons. The van der Waals surface area contributed by atoms with Crippen LogP contribution in [0.25, 0.3) is 0 Å². The molecule has 0 bridgehead atoms. The van der Waals surface area contributed by atoms with Gasteiger partial charge in [0.2, 0.25) is 0 Å². The van der Waals surface area contributed by atoms with Crippen LogP contribution < -0.4 is 11.1 Å². The molecule has 1 aliphatic carbocycles. The average molecular weight is 370 g/mol. The zero-order valence-corrected chi connectivity index (χ0v) is 15.2. The summed E-state index contributed by atoms with van der Waals surface area (Å²) in [6.45, 7) is 3.43. The van der Waals surface area contributed by atoms with E-state index < -0.39 is 11.1 Å². The second kappa shape index (κ2) is 6.41. The van der Waals surface area contributed by atoms with Gasteiger partial charge in [0.25, 0.3) is 0 Å². The number of halogens is 1. The molecule has 1 saturated heterocycles. The number of likely N-dealkylation sites (tertiary alicyclic amines) is 1. The van der Waals surface area contributed by atoms with E-state index in [-0.39, 0.29) is 17.7 Å². The lowest BCUT2D eigenvalue weighted by Gasteiger charge is -2.25. The minimum Gasteiger partial charge on any atom is -0.298 e. The van der Waals surface area contributed by atoms with Gasteiger partial charge in [-0.05, 0) is 36.5 Å². The number of hydrogen-bond donors (Lipinski definition) is 0. The summed E-state index contributed by atoms with van der Waals surface area (Å²) in [5.74, 6) is 1.47. The first kappa shape index (κ1) is 16.9. The fourth-order valence-electron chi connectivity index (χ4n) is 4.74.